The first-order chi connectivity index (χ1) is 16.7. The maximum Gasteiger partial charge on any atom is 0.321 e. The number of nitrogens with one attached hydrogen (secondary N) is 2. The summed E-state index contributed by atoms with van der Waals surface area (Å²) in [5, 5.41) is 10.6. The first kappa shape index (κ1) is 21.8. The van der Waals surface area contributed by atoms with Crippen LogP contribution in [0.2, 0.25) is 0 Å². The van der Waals surface area contributed by atoms with Crippen LogP contribution in [-0.4, -0.2) is 27.7 Å². The zero-order valence-corrected chi connectivity index (χ0v) is 19.6. The van der Waals surface area contributed by atoms with Crippen LogP contribution in [0.15, 0.2) is 94.1 Å². The molecule has 2 N–H and O–H groups in total. The summed E-state index contributed by atoms with van der Waals surface area (Å²) in [5.41, 5.74) is 4.38. The van der Waals surface area contributed by atoms with Crippen LogP contribution in [0.3, 0.4) is 0 Å². The number of anilines is 1. The number of hydrogen-bond acceptors (Lipinski definition) is 5. The van der Waals surface area contributed by atoms with Crippen LogP contribution in [0.25, 0.3) is 33.5 Å². The van der Waals surface area contributed by atoms with Crippen molar-refractivity contribution < 1.29 is 9.32 Å². The van der Waals surface area contributed by atoms with Gasteiger partial charge in [0, 0.05) is 28.3 Å². The van der Waals surface area contributed by atoms with Crippen LogP contribution in [0, 0.1) is 0 Å². The number of benzene rings is 3. The predicted octanol–water partition coefficient (Wildman–Crippen LogP) is 6.08. The molecule has 5 rings (SSSR count). The van der Waals surface area contributed by atoms with E-state index < -0.39 is 0 Å². The third-order valence-electron chi connectivity index (χ3n) is 5.28. The summed E-state index contributed by atoms with van der Waals surface area (Å²) in [6.07, 6.45) is 2.36. The summed E-state index contributed by atoms with van der Waals surface area (Å²) in [5.74, 6) is 0.913. The van der Waals surface area contributed by atoms with Crippen LogP contribution in [0.4, 0.5) is 10.7 Å². The third kappa shape index (κ3) is 4.97. The zero-order valence-electron chi connectivity index (χ0n) is 18.0. The molecule has 0 radical (unpaired) electrons. The second-order valence-corrected chi connectivity index (χ2v) is 8.55. The fourth-order valence-corrected chi connectivity index (χ4v) is 4.03. The Morgan fingerprint density at radius 3 is 2.68 bits per heavy atom. The van der Waals surface area contributed by atoms with E-state index in [0.717, 1.165) is 38.5 Å². The van der Waals surface area contributed by atoms with E-state index in [9.17, 15) is 4.79 Å². The Labute approximate surface area is 204 Å². The Balaban J connectivity index is 1.32. The topological polar surface area (TPSA) is 92.9 Å². The van der Waals surface area contributed by atoms with Gasteiger partial charge < -0.3 is 9.84 Å². The lowest BCUT2D eigenvalue weighted by molar-refractivity contribution is 0.252. The van der Waals surface area contributed by atoms with Crippen LogP contribution in [0.5, 0.6) is 0 Å². The molecule has 2 amide bonds. The fraction of sp³-hybridized carbons (Fsp3) is 0.0769. The van der Waals surface area contributed by atoms with Gasteiger partial charge in [0.25, 0.3) is 0 Å². The van der Waals surface area contributed by atoms with Gasteiger partial charge in [0.1, 0.15) is 5.52 Å². The highest BCUT2D eigenvalue weighted by Gasteiger charge is 2.13. The van der Waals surface area contributed by atoms with Gasteiger partial charge in [-0.05, 0) is 42.3 Å². The molecule has 0 spiro atoms. The Morgan fingerprint density at radius 1 is 0.941 bits per heavy atom. The number of fused-ring (bicyclic) bond motifs is 1. The lowest BCUT2D eigenvalue weighted by Crippen LogP contribution is -2.31. The average molecular weight is 514 g/mol. The van der Waals surface area contributed by atoms with Crippen LogP contribution < -0.4 is 10.6 Å². The van der Waals surface area contributed by atoms with Gasteiger partial charge in [-0.2, -0.15) is 0 Å². The Morgan fingerprint density at radius 2 is 1.82 bits per heavy atom. The molecule has 0 fully saturated rings. The fourth-order valence-electron chi connectivity index (χ4n) is 3.63. The highest BCUT2D eigenvalue weighted by atomic mass is 79.9. The molecule has 7 nitrogen and oxygen atoms in total. The monoisotopic (exact) mass is 513 g/mol. The van der Waals surface area contributed by atoms with Crippen molar-refractivity contribution >= 4 is 38.8 Å². The van der Waals surface area contributed by atoms with Gasteiger partial charge >= 0.3 is 6.03 Å². The number of halogens is 1. The number of nitrogens with zero attached hydrogens (tertiary/aromatic N) is 3. The molecule has 3 aromatic carbocycles. The first-order valence-corrected chi connectivity index (χ1v) is 11.5. The molecular formula is C26H20BrN5O2. The SMILES string of the molecule is O=C(NCCc1ccccc1)Nc1nccc(-c2ccc3noc(-c4cccc(Br)c4)c3c2)n1. The van der Waals surface area contributed by atoms with E-state index in [1.165, 1.54) is 0 Å². The number of amides is 2. The molecular weight excluding hydrogens is 494 g/mol. The van der Waals surface area contributed by atoms with E-state index in [-0.39, 0.29) is 12.0 Å². The van der Waals surface area contributed by atoms with Gasteiger partial charge in [-0.1, -0.05) is 69.6 Å². The van der Waals surface area contributed by atoms with Crippen molar-refractivity contribution in [3.8, 4) is 22.6 Å². The van der Waals surface area contributed by atoms with Crippen molar-refractivity contribution in [3.05, 3.63) is 95.1 Å². The zero-order chi connectivity index (χ0) is 23.3. The van der Waals surface area contributed by atoms with E-state index in [2.05, 4.69) is 41.7 Å². The molecule has 0 atom stereocenters. The molecule has 8 heteroatoms. The van der Waals surface area contributed by atoms with Crippen LogP contribution in [0.1, 0.15) is 5.56 Å². The van der Waals surface area contributed by atoms with Gasteiger partial charge in [0.2, 0.25) is 5.95 Å². The summed E-state index contributed by atoms with van der Waals surface area (Å²) >= 11 is 3.50. The van der Waals surface area contributed by atoms with E-state index in [0.29, 0.717) is 18.0 Å². The van der Waals surface area contributed by atoms with Crippen molar-refractivity contribution in [2.45, 2.75) is 6.42 Å². The minimum atomic E-state index is -0.348. The summed E-state index contributed by atoms with van der Waals surface area (Å²) in [6, 6.07) is 25.1. The summed E-state index contributed by atoms with van der Waals surface area (Å²) in [6.45, 7) is 0.512. The molecule has 0 unspecified atom stereocenters. The molecule has 0 bridgehead atoms. The molecule has 0 aliphatic carbocycles. The van der Waals surface area contributed by atoms with E-state index in [1.807, 2.05) is 72.8 Å². The normalized spacial score (nSPS) is 10.9. The lowest BCUT2D eigenvalue weighted by atomic mass is 10.0. The molecule has 0 saturated heterocycles. The van der Waals surface area contributed by atoms with Crippen molar-refractivity contribution in [2.24, 2.45) is 0 Å². The molecule has 34 heavy (non-hydrogen) atoms. The van der Waals surface area contributed by atoms with Crippen LogP contribution in [-0.2, 0) is 6.42 Å². The lowest BCUT2D eigenvalue weighted by Gasteiger charge is -2.08. The van der Waals surface area contributed by atoms with Crippen LogP contribution >= 0.6 is 15.9 Å². The maximum absolute atomic E-state index is 12.3. The first-order valence-electron chi connectivity index (χ1n) is 10.7. The molecule has 168 valence electrons. The van der Waals surface area contributed by atoms with Gasteiger partial charge in [0.15, 0.2) is 5.76 Å². The van der Waals surface area contributed by atoms with E-state index in [1.54, 1.807) is 12.3 Å². The number of hydrogen-bond donors (Lipinski definition) is 2. The second-order valence-electron chi connectivity index (χ2n) is 7.64. The number of rotatable bonds is 6. The smallest absolute Gasteiger partial charge is 0.321 e. The van der Waals surface area contributed by atoms with Crippen molar-refractivity contribution in [1.29, 1.82) is 0 Å². The molecule has 0 saturated carbocycles. The highest BCUT2D eigenvalue weighted by Crippen LogP contribution is 2.32. The van der Waals surface area contributed by atoms with Gasteiger partial charge in [-0.3, -0.25) is 5.32 Å². The van der Waals surface area contributed by atoms with E-state index in [4.69, 9.17) is 4.52 Å². The number of carbonyl (C=O) groups excluding carboxylic acids is 1. The van der Waals surface area contributed by atoms with Gasteiger partial charge in [-0.15, -0.1) is 0 Å². The maximum atomic E-state index is 12.3. The third-order valence-corrected chi connectivity index (χ3v) is 5.78. The molecule has 2 heterocycles. The summed E-state index contributed by atoms with van der Waals surface area (Å²) < 4.78 is 6.58. The molecule has 2 aromatic heterocycles. The summed E-state index contributed by atoms with van der Waals surface area (Å²) in [4.78, 5) is 21.0. The minimum Gasteiger partial charge on any atom is -0.355 e. The Kier molecular flexibility index (Phi) is 6.31. The molecule has 0 aliphatic heterocycles. The number of carbonyl (C=O) groups is 1. The standard InChI is InChI=1S/C26H20BrN5O2/c27-20-8-4-7-19(15-20)24-21-16-18(9-10-23(21)32-34-24)22-12-14-28-25(30-22)31-26(33)29-13-11-17-5-2-1-3-6-17/h1-10,12,14-16H,11,13H2,(H2,28,29,30,31,33). The predicted molar refractivity (Wildman–Crippen MR) is 135 cm³/mol. The quantitative estimate of drug-likeness (QED) is 0.287. The second kappa shape index (κ2) is 9.84. The molecule has 0 aliphatic rings. The highest BCUT2D eigenvalue weighted by molar-refractivity contribution is 9.10. The minimum absolute atomic E-state index is 0.229. The van der Waals surface area contributed by atoms with Gasteiger partial charge in [-0.25, -0.2) is 14.8 Å². The molecule has 5 aromatic rings. The van der Waals surface area contributed by atoms with E-state index >= 15 is 0 Å². The largest absolute Gasteiger partial charge is 0.355 e. The summed E-state index contributed by atoms with van der Waals surface area (Å²) in [7, 11) is 0. The van der Waals surface area contributed by atoms with Crippen molar-refractivity contribution in [1.82, 2.24) is 20.4 Å². The Bertz CT molecular complexity index is 1450. The Hall–Kier alpha value is -4.04. The van der Waals surface area contributed by atoms with Crippen molar-refractivity contribution in [2.75, 3.05) is 11.9 Å². The average Bonchev–Trinajstić information content (AvgIpc) is 3.28. The number of urea groups is 1. The number of aromatic nitrogens is 3. The van der Waals surface area contributed by atoms with Crippen molar-refractivity contribution in [3.63, 3.8) is 0 Å². The van der Waals surface area contributed by atoms with Gasteiger partial charge in [0.05, 0.1) is 11.1 Å².